The second-order valence-electron chi connectivity index (χ2n) is 7.26. The van der Waals surface area contributed by atoms with Crippen LogP contribution >= 0.6 is 0 Å². The van der Waals surface area contributed by atoms with E-state index < -0.39 is 0 Å². The fourth-order valence-electron chi connectivity index (χ4n) is 3.69. The smallest absolute Gasteiger partial charge is 0.238 e. The number of nitrogens with one attached hydrogen (secondary N) is 1. The third kappa shape index (κ3) is 4.90. The highest BCUT2D eigenvalue weighted by Gasteiger charge is 2.18. The Balaban J connectivity index is 1.57. The van der Waals surface area contributed by atoms with E-state index in [1.165, 1.54) is 18.5 Å². The summed E-state index contributed by atoms with van der Waals surface area (Å²) in [6.45, 7) is 7.46. The van der Waals surface area contributed by atoms with Gasteiger partial charge in [-0.15, -0.1) is 0 Å². The van der Waals surface area contributed by atoms with Gasteiger partial charge in [-0.05, 0) is 68.3 Å². The van der Waals surface area contributed by atoms with Gasteiger partial charge in [0.2, 0.25) is 5.91 Å². The van der Waals surface area contributed by atoms with Crippen LogP contribution in [0.25, 0.3) is 0 Å². The molecule has 5 nitrogen and oxygen atoms in total. The molecule has 0 aromatic heterocycles. The summed E-state index contributed by atoms with van der Waals surface area (Å²) < 4.78 is 0. The van der Waals surface area contributed by atoms with Crippen LogP contribution in [0.15, 0.2) is 48.5 Å². The minimum Gasteiger partial charge on any atom is -0.372 e. The Morgan fingerprint density at radius 1 is 1.14 bits per heavy atom. The van der Waals surface area contributed by atoms with Crippen LogP contribution in [-0.4, -0.2) is 37.0 Å². The predicted molar refractivity (Wildman–Crippen MR) is 113 cm³/mol. The van der Waals surface area contributed by atoms with E-state index in [-0.39, 0.29) is 11.9 Å². The van der Waals surface area contributed by atoms with Crippen LogP contribution in [0.4, 0.5) is 11.4 Å². The van der Waals surface area contributed by atoms with E-state index in [2.05, 4.69) is 47.2 Å². The van der Waals surface area contributed by atoms with Crippen molar-refractivity contribution in [2.45, 2.75) is 32.7 Å². The van der Waals surface area contributed by atoms with Crippen molar-refractivity contribution < 1.29 is 4.79 Å². The van der Waals surface area contributed by atoms with Gasteiger partial charge in [-0.2, -0.15) is 5.26 Å². The molecule has 0 saturated carbocycles. The predicted octanol–water partition coefficient (Wildman–Crippen LogP) is 4.18. The molecule has 28 heavy (non-hydrogen) atoms. The first-order valence-electron chi connectivity index (χ1n) is 9.99. The normalized spacial score (nSPS) is 14.7. The second kappa shape index (κ2) is 9.38. The van der Waals surface area contributed by atoms with Gasteiger partial charge in [-0.1, -0.05) is 19.1 Å². The van der Waals surface area contributed by atoms with E-state index in [1.54, 1.807) is 0 Å². The number of hydrogen-bond donors (Lipinski definition) is 1. The molecule has 1 fully saturated rings. The van der Waals surface area contributed by atoms with E-state index in [0.29, 0.717) is 12.1 Å². The molecule has 1 saturated heterocycles. The molecule has 1 amide bonds. The average molecular weight is 377 g/mol. The zero-order chi connectivity index (χ0) is 19.9. The summed E-state index contributed by atoms with van der Waals surface area (Å²) in [4.78, 5) is 17.1. The molecule has 1 heterocycles. The van der Waals surface area contributed by atoms with E-state index in [4.69, 9.17) is 5.26 Å². The van der Waals surface area contributed by atoms with Crippen LogP contribution < -0.4 is 10.2 Å². The van der Waals surface area contributed by atoms with Crippen LogP contribution in [0.1, 0.15) is 43.9 Å². The molecule has 1 aliphatic heterocycles. The molecule has 0 aliphatic carbocycles. The van der Waals surface area contributed by atoms with Crippen LogP contribution in [0.3, 0.4) is 0 Å². The SMILES string of the molecule is CCN(CC(=O)Nc1ccc(N2CCCC2)cc1)C(C)c1ccc(C#N)cc1. The van der Waals surface area contributed by atoms with Crippen LogP contribution in [-0.2, 0) is 4.79 Å². The van der Waals surface area contributed by atoms with Crippen molar-refractivity contribution in [3.63, 3.8) is 0 Å². The molecule has 0 spiro atoms. The molecule has 2 aromatic carbocycles. The van der Waals surface area contributed by atoms with Crippen LogP contribution in [0.2, 0.25) is 0 Å². The molecule has 1 aliphatic rings. The number of benzene rings is 2. The van der Waals surface area contributed by atoms with E-state index >= 15 is 0 Å². The number of nitrogens with zero attached hydrogens (tertiary/aromatic N) is 3. The second-order valence-corrected chi connectivity index (χ2v) is 7.26. The minimum atomic E-state index is -0.0173. The van der Waals surface area contributed by atoms with Crippen molar-refractivity contribution >= 4 is 17.3 Å². The molecule has 1 atom stereocenters. The summed E-state index contributed by atoms with van der Waals surface area (Å²) in [5.74, 6) is -0.0173. The zero-order valence-electron chi connectivity index (χ0n) is 16.7. The Hall–Kier alpha value is -2.84. The van der Waals surface area contributed by atoms with Gasteiger partial charge in [-0.3, -0.25) is 9.69 Å². The molecule has 146 valence electrons. The molecule has 5 heteroatoms. The number of rotatable bonds is 7. The standard InChI is InChI=1S/C23H28N4O/c1-3-26(18(2)20-8-6-19(16-24)7-9-20)17-23(28)25-21-10-12-22(13-11-21)27-14-4-5-15-27/h6-13,18H,3-5,14-15,17H2,1-2H3,(H,25,28). The topological polar surface area (TPSA) is 59.4 Å². The van der Waals surface area contributed by atoms with E-state index in [0.717, 1.165) is 30.9 Å². The number of amides is 1. The number of likely N-dealkylation sites (N-methyl/N-ethyl adjacent to an activating group) is 1. The van der Waals surface area contributed by atoms with Gasteiger partial charge in [0.05, 0.1) is 18.2 Å². The highest BCUT2D eigenvalue weighted by atomic mass is 16.2. The lowest BCUT2D eigenvalue weighted by Gasteiger charge is -2.27. The van der Waals surface area contributed by atoms with Crippen molar-refractivity contribution in [2.75, 3.05) is 36.4 Å². The number of anilines is 2. The molecule has 3 rings (SSSR count). The molecule has 2 aromatic rings. The zero-order valence-corrected chi connectivity index (χ0v) is 16.7. The Morgan fingerprint density at radius 3 is 2.36 bits per heavy atom. The first kappa shape index (κ1) is 19.9. The Morgan fingerprint density at radius 2 is 1.79 bits per heavy atom. The number of carbonyl (C=O) groups excluding carboxylic acids is 1. The van der Waals surface area contributed by atoms with Gasteiger partial charge in [0.25, 0.3) is 0 Å². The fourth-order valence-corrected chi connectivity index (χ4v) is 3.69. The Labute approximate surface area is 167 Å². The van der Waals surface area contributed by atoms with Gasteiger partial charge < -0.3 is 10.2 Å². The fraction of sp³-hybridized carbons (Fsp3) is 0.391. The van der Waals surface area contributed by atoms with Crippen molar-refractivity contribution in [1.29, 1.82) is 5.26 Å². The largest absolute Gasteiger partial charge is 0.372 e. The van der Waals surface area contributed by atoms with Gasteiger partial charge in [0, 0.05) is 30.5 Å². The van der Waals surface area contributed by atoms with E-state index in [9.17, 15) is 4.79 Å². The summed E-state index contributed by atoms with van der Waals surface area (Å²) in [7, 11) is 0. The first-order valence-corrected chi connectivity index (χ1v) is 9.99. The summed E-state index contributed by atoms with van der Waals surface area (Å²) in [6.07, 6.45) is 2.51. The van der Waals surface area contributed by atoms with Crippen molar-refractivity contribution in [2.24, 2.45) is 0 Å². The number of hydrogen-bond acceptors (Lipinski definition) is 4. The molecule has 1 unspecified atom stereocenters. The quantitative estimate of drug-likeness (QED) is 0.787. The van der Waals surface area contributed by atoms with E-state index in [1.807, 2.05) is 36.4 Å². The lowest BCUT2D eigenvalue weighted by Crippen LogP contribution is -2.35. The first-order chi connectivity index (χ1) is 13.6. The maximum absolute atomic E-state index is 12.6. The third-order valence-electron chi connectivity index (χ3n) is 5.45. The number of nitriles is 1. The minimum absolute atomic E-state index is 0.0173. The summed E-state index contributed by atoms with van der Waals surface area (Å²) >= 11 is 0. The van der Waals surface area contributed by atoms with Crippen LogP contribution in [0.5, 0.6) is 0 Å². The van der Waals surface area contributed by atoms with Gasteiger partial charge in [0.1, 0.15) is 0 Å². The summed E-state index contributed by atoms with van der Waals surface area (Å²) in [5.41, 5.74) is 3.80. The average Bonchev–Trinajstić information content (AvgIpc) is 3.27. The van der Waals surface area contributed by atoms with Gasteiger partial charge in [0.15, 0.2) is 0 Å². The Bertz CT molecular complexity index is 817. The van der Waals surface area contributed by atoms with Crippen LogP contribution in [0, 0.1) is 11.3 Å². The summed E-state index contributed by atoms with van der Waals surface area (Å²) in [6, 6.07) is 17.9. The molecule has 1 N–H and O–H groups in total. The van der Waals surface area contributed by atoms with Gasteiger partial charge >= 0.3 is 0 Å². The molecule has 0 radical (unpaired) electrons. The molecular formula is C23H28N4O. The van der Waals surface area contributed by atoms with Gasteiger partial charge in [-0.25, -0.2) is 0 Å². The van der Waals surface area contributed by atoms with Crippen molar-refractivity contribution in [3.05, 3.63) is 59.7 Å². The molecule has 0 bridgehead atoms. The third-order valence-corrected chi connectivity index (χ3v) is 5.45. The lowest BCUT2D eigenvalue weighted by molar-refractivity contribution is -0.117. The summed E-state index contributed by atoms with van der Waals surface area (Å²) in [5, 5.41) is 12.0. The molecular weight excluding hydrogens is 348 g/mol. The maximum Gasteiger partial charge on any atom is 0.238 e. The highest BCUT2D eigenvalue weighted by molar-refractivity contribution is 5.92. The van der Waals surface area contributed by atoms with Crippen molar-refractivity contribution in [1.82, 2.24) is 4.90 Å². The Kier molecular flexibility index (Phi) is 6.67. The maximum atomic E-state index is 12.6. The lowest BCUT2D eigenvalue weighted by atomic mass is 10.0. The highest BCUT2D eigenvalue weighted by Crippen LogP contribution is 2.23. The van der Waals surface area contributed by atoms with Crippen molar-refractivity contribution in [3.8, 4) is 6.07 Å². The monoisotopic (exact) mass is 376 g/mol. The number of carbonyl (C=O) groups is 1.